The van der Waals surface area contributed by atoms with Crippen LogP contribution in [0.15, 0.2) is 70.2 Å². The molecule has 0 aromatic heterocycles. The number of carbonyl (C=O) groups is 2. The molecule has 200 valence electrons. The number of rotatable bonds is 9. The predicted octanol–water partition coefficient (Wildman–Crippen LogP) is 5.38. The molecule has 0 bridgehead atoms. The highest BCUT2D eigenvalue weighted by molar-refractivity contribution is 9.10. The fourth-order valence-electron chi connectivity index (χ4n) is 3.24. The van der Waals surface area contributed by atoms with E-state index in [1.54, 1.807) is 30.3 Å². The Kier molecular flexibility index (Phi) is 10.2. The summed E-state index contributed by atoms with van der Waals surface area (Å²) < 4.78 is 51.6. The third kappa shape index (κ3) is 8.22. The molecule has 7 nitrogen and oxygen atoms in total. The maximum atomic E-state index is 13.1. The van der Waals surface area contributed by atoms with E-state index in [1.807, 2.05) is 0 Å². The van der Waals surface area contributed by atoms with Gasteiger partial charge in [-0.15, -0.1) is 0 Å². The van der Waals surface area contributed by atoms with Crippen LogP contribution < -0.4 is 10.7 Å². The van der Waals surface area contributed by atoms with Crippen LogP contribution in [-0.4, -0.2) is 39.7 Å². The summed E-state index contributed by atoms with van der Waals surface area (Å²) >= 11 is 8.87. The molecule has 2 amide bonds. The monoisotopic (exact) mass is 629 g/mol. The molecule has 3 rings (SSSR count). The zero-order chi connectivity index (χ0) is 27.9. The molecule has 0 heterocycles. The number of amides is 2. The van der Waals surface area contributed by atoms with Crippen molar-refractivity contribution in [2.45, 2.75) is 11.9 Å². The highest BCUT2D eigenvalue weighted by Crippen LogP contribution is 2.34. The average Bonchev–Trinajstić information content (AvgIpc) is 2.85. The lowest BCUT2D eigenvalue weighted by Crippen LogP contribution is -2.21. The maximum absolute atomic E-state index is 13.1. The Balaban J connectivity index is 1.75. The normalized spacial score (nSPS) is 12.4. The molecule has 0 saturated carbocycles. The van der Waals surface area contributed by atoms with Crippen molar-refractivity contribution >= 4 is 62.0 Å². The van der Waals surface area contributed by atoms with Gasteiger partial charge in [0.05, 0.1) is 34.7 Å². The van der Waals surface area contributed by atoms with Crippen molar-refractivity contribution in [3.05, 3.63) is 98.0 Å². The molecule has 13 heteroatoms. The lowest BCUT2D eigenvalue weighted by molar-refractivity contribution is -0.137. The number of anilines is 1. The minimum absolute atomic E-state index is 0.0390. The Morgan fingerprint density at radius 1 is 1.08 bits per heavy atom. The topological polar surface area (TPSA) is 108 Å². The summed E-state index contributed by atoms with van der Waals surface area (Å²) in [7, 11) is -1.28. The molecule has 3 N–H and O–H groups in total. The Bertz CT molecular complexity index is 1400. The van der Waals surface area contributed by atoms with E-state index in [2.05, 4.69) is 31.8 Å². The van der Waals surface area contributed by atoms with Gasteiger partial charge in [0, 0.05) is 32.3 Å². The smallest absolute Gasteiger partial charge is 0.395 e. The zero-order valence-corrected chi connectivity index (χ0v) is 22.5. The first-order valence-corrected chi connectivity index (χ1v) is 13.5. The van der Waals surface area contributed by atoms with E-state index in [0.717, 1.165) is 18.3 Å². The highest BCUT2D eigenvalue weighted by atomic mass is 79.9. The molecule has 0 saturated heterocycles. The first kappa shape index (κ1) is 29.5. The highest BCUT2D eigenvalue weighted by Gasteiger charge is 2.33. The first-order valence-electron chi connectivity index (χ1n) is 10.8. The Morgan fingerprint density at radius 2 is 1.84 bits per heavy atom. The van der Waals surface area contributed by atoms with Crippen LogP contribution in [0.4, 0.5) is 18.9 Å². The number of nitrogens with one attached hydrogen (secondary N) is 2. The van der Waals surface area contributed by atoms with Crippen molar-refractivity contribution in [2.75, 3.05) is 17.7 Å². The van der Waals surface area contributed by atoms with Gasteiger partial charge in [0.2, 0.25) is 0 Å². The summed E-state index contributed by atoms with van der Waals surface area (Å²) in [5, 5.41) is 14.8. The fraction of sp³-hybridized carbons (Fsp3) is 0.160. The predicted molar refractivity (Wildman–Crippen MR) is 144 cm³/mol. The SMILES string of the molecule is O=C(Nc1ccc(Br)cc1C(=O)NN=Cc1ccc(Cl)c(C(F)(F)F)c1)c1cccc(CS(=O)CCO)c1. The van der Waals surface area contributed by atoms with E-state index in [9.17, 15) is 27.0 Å². The second kappa shape index (κ2) is 13.1. The van der Waals surface area contributed by atoms with E-state index in [-0.39, 0.29) is 40.5 Å². The van der Waals surface area contributed by atoms with Crippen molar-refractivity contribution in [1.29, 1.82) is 0 Å². The molecule has 1 atom stereocenters. The summed E-state index contributed by atoms with van der Waals surface area (Å²) in [6.07, 6.45) is -3.62. The van der Waals surface area contributed by atoms with Crippen LogP contribution in [0.25, 0.3) is 0 Å². The maximum Gasteiger partial charge on any atom is 0.417 e. The number of carbonyl (C=O) groups excluding carboxylic acids is 2. The summed E-state index contributed by atoms with van der Waals surface area (Å²) in [6, 6.07) is 14.2. The molecule has 0 aliphatic carbocycles. The van der Waals surface area contributed by atoms with Crippen LogP contribution >= 0.6 is 27.5 Å². The molecule has 3 aromatic carbocycles. The van der Waals surface area contributed by atoms with Gasteiger partial charge in [0.15, 0.2) is 0 Å². The van der Waals surface area contributed by atoms with Gasteiger partial charge in [-0.1, -0.05) is 45.7 Å². The second-order valence-electron chi connectivity index (χ2n) is 7.79. The Labute approximate surface area is 231 Å². The molecule has 0 fully saturated rings. The summed E-state index contributed by atoms with van der Waals surface area (Å²) in [5.74, 6) is -0.960. The summed E-state index contributed by atoms with van der Waals surface area (Å²) in [5.41, 5.74) is 2.36. The molecule has 3 aromatic rings. The van der Waals surface area contributed by atoms with Gasteiger partial charge < -0.3 is 10.4 Å². The van der Waals surface area contributed by atoms with Gasteiger partial charge in [0.25, 0.3) is 11.8 Å². The number of benzene rings is 3. The number of hydrogen-bond donors (Lipinski definition) is 3. The molecule has 0 aliphatic rings. The average molecular weight is 631 g/mol. The van der Waals surface area contributed by atoms with Crippen molar-refractivity contribution in [1.82, 2.24) is 5.43 Å². The number of nitrogens with zero attached hydrogens (tertiary/aromatic N) is 1. The lowest BCUT2D eigenvalue weighted by Gasteiger charge is -2.12. The largest absolute Gasteiger partial charge is 0.417 e. The van der Waals surface area contributed by atoms with Crippen molar-refractivity contribution in [2.24, 2.45) is 5.10 Å². The Hall–Kier alpha value is -3.06. The van der Waals surface area contributed by atoms with Crippen molar-refractivity contribution in [3.8, 4) is 0 Å². The third-order valence-corrected chi connectivity index (χ3v) is 7.10. The standard InChI is InChI=1S/C25H20BrClF3N3O4S/c26-18-5-7-22(32-23(35)17-3-1-2-16(10-17)14-38(37)9-8-34)19(12-18)24(36)33-31-13-15-4-6-21(27)20(11-15)25(28,29)30/h1-7,10-13,34H,8-9,14H2,(H,32,35)(H,33,36). The number of halogens is 5. The van der Waals surface area contributed by atoms with E-state index >= 15 is 0 Å². The summed E-state index contributed by atoms with van der Waals surface area (Å²) in [4.78, 5) is 25.7. The van der Waals surface area contributed by atoms with Crippen LogP contribution in [0.1, 0.15) is 37.4 Å². The van der Waals surface area contributed by atoms with Gasteiger partial charge in [-0.25, -0.2) is 5.43 Å². The van der Waals surface area contributed by atoms with E-state index in [0.29, 0.717) is 10.0 Å². The number of hydrazone groups is 1. The van der Waals surface area contributed by atoms with Gasteiger partial charge in [0.1, 0.15) is 0 Å². The first-order chi connectivity index (χ1) is 18.0. The van der Waals surface area contributed by atoms with Crippen molar-refractivity contribution < 1.29 is 32.1 Å². The number of aliphatic hydroxyl groups is 1. The quantitative estimate of drug-likeness (QED) is 0.218. The van der Waals surface area contributed by atoms with Gasteiger partial charge in [-0.3, -0.25) is 13.8 Å². The van der Waals surface area contributed by atoms with Crippen LogP contribution in [-0.2, 0) is 22.7 Å². The van der Waals surface area contributed by atoms with Gasteiger partial charge in [-0.05, 0) is 53.6 Å². The number of alkyl halides is 3. The molecule has 38 heavy (non-hydrogen) atoms. The zero-order valence-electron chi connectivity index (χ0n) is 19.4. The van der Waals surface area contributed by atoms with E-state index in [1.165, 1.54) is 18.2 Å². The molecular formula is C25H20BrClF3N3O4S. The minimum Gasteiger partial charge on any atom is -0.395 e. The molecule has 0 spiro atoms. The van der Waals surface area contributed by atoms with Crippen LogP contribution in [0.5, 0.6) is 0 Å². The van der Waals surface area contributed by atoms with Gasteiger partial charge in [-0.2, -0.15) is 18.3 Å². The van der Waals surface area contributed by atoms with E-state index < -0.39 is 39.4 Å². The van der Waals surface area contributed by atoms with Crippen LogP contribution in [0.2, 0.25) is 5.02 Å². The molecule has 1 unspecified atom stereocenters. The lowest BCUT2D eigenvalue weighted by atomic mass is 10.1. The number of aliphatic hydroxyl groups excluding tert-OH is 1. The molecular weight excluding hydrogens is 611 g/mol. The Morgan fingerprint density at radius 3 is 2.55 bits per heavy atom. The third-order valence-electron chi connectivity index (χ3n) is 4.99. The van der Waals surface area contributed by atoms with Crippen LogP contribution in [0.3, 0.4) is 0 Å². The molecule has 0 radical (unpaired) electrons. The minimum atomic E-state index is -4.65. The number of hydrogen-bond acceptors (Lipinski definition) is 5. The van der Waals surface area contributed by atoms with Crippen molar-refractivity contribution in [3.63, 3.8) is 0 Å². The molecule has 0 aliphatic heterocycles. The summed E-state index contributed by atoms with van der Waals surface area (Å²) in [6.45, 7) is -0.209. The second-order valence-corrected chi connectivity index (χ2v) is 10.7. The van der Waals surface area contributed by atoms with E-state index in [4.69, 9.17) is 16.7 Å². The van der Waals surface area contributed by atoms with Crippen LogP contribution in [0, 0.1) is 0 Å². The van der Waals surface area contributed by atoms with Gasteiger partial charge >= 0.3 is 6.18 Å². The fourth-order valence-corrected chi connectivity index (χ4v) is 4.72.